The topological polar surface area (TPSA) is 75.0 Å². The van der Waals surface area contributed by atoms with Crippen molar-refractivity contribution in [2.24, 2.45) is 0 Å². The lowest BCUT2D eigenvalue weighted by atomic mass is 10.1. The van der Waals surface area contributed by atoms with Gasteiger partial charge in [0.2, 0.25) is 0 Å². The summed E-state index contributed by atoms with van der Waals surface area (Å²) in [6.45, 7) is 4.83. The van der Waals surface area contributed by atoms with E-state index >= 15 is 0 Å². The maximum Gasteiger partial charge on any atom is 0.321 e. The molecule has 0 atom stereocenters. The Hall–Kier alpha value is -3.32. The minimum Gasteiger partial charge on any atom is -0.461 e. The van der Waals surface area contributed by atoms with Gasteiger partial charge in [0.15, 0.2) is 0 Å². The van der Waals surface area contributed by atoms with Crippen LogP contribution in [0.25, 0.3) is 11.0 Å². The standard InChI is InChI=1S/C24H27N3O4/c1-3-21-20(19-6-4-5-7-22(19)31-21)16-26(2)24(29)25-18-10-8-17(9-11-18)23(28)27-12-14-30-15-13-27/h4-11H,3,12-16H2,1-2H3,(H,25,29). The van der Waals surface area contributed by atoms with Gasteiger partial charge in [-0.3, -0.25) is 4.79 Å². The number of rotatable bonds is 5. The highest BCUT2D eigenvalue weighted by molar-refractivity contribution is 5.95. The van der Waals surface area contributed by atoms with Crippen LogP contribution in [0.3, 0.4) is 0 Å². The van der Waals surface area contributed by atoms with Crippen LogP contribution >= 0.6 is 0 Å². The largest absolute Gasteiger partial charge is 0.461 e. The highest BCUT2D eigenvalue weighted by atomic mass is 16.5. The number of morpholine rings is 1. The first-order valence-electron chi connectivity index (χ1n) is 10.5. The van der Waals surface area contributed by atoms with E-state index in [0.29, 0.717) is 44.1 Å². The molecule has 0 spiro atoms. The van der Waals surface area contributed by atoms with E-state index < -0.39 is 0 Å². The molecule has 3 aromatic rings. The number of fused-ring (bicyclic) bond motifs is 1. The Kier molecular flexibility index (Phi) is 6.23. The highest BCUT2D eigenvalue weighted by Gasteiger charge is 2.19. The summed E-state index contributed by atoms with van der Waals surface area (Å²) in [5.41, 5.74) is 3.11. The third kappa shape index (κ3) is 4.56. The molecule has 4 rings (SSSR count). The highest BCUT2D eigenvalue weighted by Crippen LogP contribution is 2.27. The lowest BCUT2D eigenvalue weighted by molar-refractivity contribution is 0.0303. The van der Waals surface area contributed by atoms with E-state index in [4.69, 9.17) is 9.15 Å². The van der Waals surface area contributed by atoms with Crippen molar-refractivity contribution >= 4 is 28.6 Å². The van der Waals surface area contributed by atoms with E-state index in [1.165, 1.54) is 0 Å². The van der Waals surface area contributed by atoms with Gasteiger partial charge in [-0.05, 0) is 30.3 Å². The zero-order valence-corrected chi connectivity index (χ0v) is 17.9. The fraction of sp³-hybridized carbons (Fsp3) is 0.333. The Balaban J connectivity index is 1.41. The quantitative estimate of drug-likeness (QED) is 0.672. The molecule has 0 radical (unpaired) electrons. The summed E-state index contributed by atoms with van der Waals surface area (Å²) in [5.74, 6) is 0.879. The number of carbonyl (C=O) groups is 2. The first-order chi connectivity index (χ1) is 15.1. The zero-order chi connectivity index (χ0) is 21.8. The summed E-state index contributed by atoms with van der Waals surface area (Å²) in [4.78, 5) is 28.7. The first kappa shape index (κ1) is 20.9. The van der Waals surface area contributed by atoms with Crippen LogP contribution in [0.1, 0.15) is 28.6 Å². The number of hydrogen-bond donors (Lipinski definition) is 1. The number of aryl methyl sites for hydroxylation is 1. The van der Waals surface area contributed by atoms with Crippen molar-refractivity contribution in [3.05, 3.63) is 65.4 Å². The van der Waals surface area contributed by atoms with Crippen LogP contribution in [0.2, 0.25) is 0 Å². The van der Waals surface area contributed by atoms with Crippen LogP contribution in [-0.2, 0) is 17.7 Å². The molecule has 0 unspecified atom stereocenters. The molecule has 7 nitrogen and oxygen atoms in total. The Labute approximate surface area is 181 Å². The summed E-state index contributed by atoms with van der Waals surface area (Å²) in [5, 5.41) is 3.93. The molecule has 162 valence electrons. The lowest BCUT2D eigenvalue weighted by Gasteiger charge is -2.26. The van der Waals surface area contributed by atoms with Crippen molar-refractivity contribution in [2.75, 3.05) is 38.7 Å². The third-order valence-electron chi connectivity index (χ3n) is 5.53. The zero-order valence-electron chi connectivity index (χ0n) is 17.9. The number of furan rings is 1. The van der Waals surface area contributed by atoms with E-state index in [0.717, 1.165) is 28.7 Å². The van der Waals surface area contributed by atoms with Crippen LogP contribution in [0.15, 0.2) is 52.9 Å². The Morgan fingerprint density at radius 1 is 1.06 bits per heavy atom. The Morgan fingerprint density at radius 3 is 2.48 bits per heavy atom. The van der Waals surface area contributed by atoms with Crippen molar-refractivity contribution in [2.45, 2.75) is 19.9 Å². The number of amides is 3. The molecule has 31 heavy (non-hydrogen) atoms. The van der Waals surface area contributed by atoms with Crippen LogP contribution in [0.4, 0.5) is 10.5 Å². The molecule has 0 bridgehead atoms. The van der Waals surface area contributed by atoms with Crippen molar-refractivity contribution in [1.29, 1.82) is 0 Å². The van der Waals surface area contributed by atoms with Gasteiger partial charge in [-0.15, -0.1) is 0 Å². The molecule has 0 aliphatic carbocycles. The van der Waals surface area contributed by atoms with E-state index in [-0.39, 0.29) is 11.9 Å². The number of para-hydroxylation sites is 1. The average Bonchev–Trinajstić information content (AvgIpc) is 3.17. The third-order valence-corrected chi connectivity index (χ3v) is 5.53. The summed E-state index contributed by atoms with van der Waals surface area (Å²) in [7, 11) is 1.76. The smallest absolute Gasteiger partial charge is 0.321 e. The predicted molar refractivity (Wildman–Crippen MR) is 119 cm³/mol. The van der Waals surface area contributed by atoms with E-state index in [1.54, 1.807) is 41.1 Å². The van der Waals surface area contributed by atoms with Crippen LogP contribution in [0, 0.1) is 0 Å². The van der Waals surface area contributed by atoms with Gasteiger partial charge in [-0.2, -0.15) is 0 Å². The van der Waals surface area contributed by atoms with Gasteiger partial charge < -0.3 is 24.3 Å². The van der Waals surface area contributed by atoms with Gasteiger partial charge in [-0.1, -0.05) is 25.1 Å². The van der Waals surface area contributed by atoms with E-state index in [9.17, 15) is 9.59 Å². The fourth-order valence-electron chi connectivity index (χ4n) is 3.78. The maximum atomic E-state index is 12.7. The molecular weight excluding hydrogens is 394 g/mol. The minimum atomic E-state index is -0.223. The normalized spacial score (nSPS) is 13.9. The van der Waals surface area contributed by atoms with Crippen molar-refractivity contribution in [3.8, 4) is 0 Å². The number of nitrogens with one attached hydrogen (secondary N) is 1. The fourth-order valence-corrected chi connectivity index (χ4v) is 3.78. The Morgan fingerprint density at radius 2 is 1.77 bits per heavy atom. The lowest BCUT2D eigenvalue weighted by Crippen LogP contribution is -2.40. The molecule has 1 aliphatic rings. The van der Waals surface area contributed by atoms with E-state index in [2.05, 4.69) is 5.32 Å². The molecule has 0 saturated carbocycles. The molecule has 1 fully saturated rings. The van der Waals surface area contributed by atoms with Crippen molar-refractivity contribution in [1.82, 2.24) is 9.80 Å². The molecular formula is C24H27N3O4. The maximum absolute atomic E-state index is 12.7. The van der Waals surface area contributed by atoms with Crippen LogP contribution in [0.5, 0.6) is 0 Å². The molecule has 2 aromatic carbocycles. The SMILES string of the molecule is CCc1oc2ccccc2c1CN(C)C(=O)Nc1ccc(C(=O)N2CCOCC2)cc1. The second kappa shape index (κ2) is 9.22. The summed E-state index contributed by atoms with van der Waals surface area (Å²) < 4.78 is 11.2. The number of anilines is 1. The van der Waals surface area contributed by atoms with E-state index in [1.807, 2.05) is 31.2 Å². The molecule has 1 N–H and O–H groups in total. The number of ether oxygens (including phenoxy) is 1. The van der Waals surface area contributed by atoms with Gasteiger partial charge >= 0.3 is 6.03 Å². The van der Waals surface area contributed by atoms with Gasteiger partial charge in [-0.25, -0.2) is 4.79 Å². The monoisotopic (exact) mass is 421 g/mol. The molecule has 1 aliphatic heterocycles. The Bertz CT molecular complexity index is 1070. The summed E-state index contributed by atoms with van der Waals surface area (Å²) >= 11 is 0. The molecule has 2 heterocycles. The molecule has 1 aromatic heterocycles. The first-order valence-corrected chi connectivity index (χ1v) is 10.5. The van der Waals surface area contributed by atoms with Gasteiger partial charge in [0.05, 0.1) is 19.8 Å². The number of hydrogen-bond acceptors (Lipinski definition) is 4. The molecule has 7 heteroatoms. The molecule has 3 amide bonds. The number of benzene rings is 2. The number of carbonyl (C=O) groups excluding carboxylic acids is 2. The minimum absolute atomic E-state index is 0.0165. The average molecular weight is 421 g/mol. The second-order valence-electron chi connectivity index (χ2n) is 7.62. The molecule has 1 saturated heterocycles. The van der Waals surface area contributed by atoms with Crippen molar-refractivity contribution in [3.63, 3.8) is 0 Å². The van der Waals surface area contributed by atoms with Crippen molar-refractivity contribution < 1.29 is 18.7 Å². The second-order valence-corrected chi connectivity index (χ2v) is 7.62. The number of urea groups is 1. The summed E-state index contributed by atoms with van der Waals surface area (Å²) in [6, 6.07) is 14.6. The van der Waals surface area contributed by atoms with Crippen LogP contribution in [-0.4, -0.2) is 55.1 Å². The number of nitrogens with zero attached hydrogens (tertiary/aromatic N) is 2. The van der Waals surface area contributed by atoms with Gasteiger partial charge in [0.1, 0.15) is 11.3 Å². The van der Waals surface area contributed by atoms with Gasteiger partial charge in [0.25, 0.3) is 5.91 Å². The van der Waals surface area contributed by atoms with Gasteiger partial charge in [0, 0.05) is 48.8 Å². The summed E-state index contributed by atoms with van der Waals surface area (Å²) in [6.07, 6.45) is 0.762. The van der Waals surface area contributed by atoms with Crippen LogP contribution < -0.4 is 5.32 Å². The predicted octanol–water partition coefficient (Wildman–Crippen LogP) is 4.13.